The second-order valence-corrected chi connectivity index (χ2v) is 5.74. The minimum Gasteiger partial charge on any atom is -0.362 e. The normalized spacial score (nSPS) is 12.2. The van der Waals surface area contributed by atoms with E-state index in [9.17, 15) is 26.4 Å². The van der Waals surface area contributed by atoms with Gasteiger partial charge >= 0.3 is 6.18 Å². The summed E-state index contributed by atoms with van der Waals surface area (Å²) in [6.07, 6.45) is -4.51. The molecule has 0 aliphatic rings. The third kappa shape index (κ3) is 6.10. The first-order chi connectivity index (χ1) is 9.49. The van der Waals surface area contributed by atoms with Crippen molar-refractivity contribution in [2.45, 2.75) is 18.0 Å². The molecule has 0 saturated heterocycles. The fraction of sp³-hybridized carbons (Fsp3) is 0.364. The van der Waals surface area contributed by atoms with Crippen LogP contribution in [-0.4, -0.2) is 33.7 Å². The Morgan fingerprint density at radius 1 is 1.38 bits per heavy atom. The Morgan fingerprint density at radius 3 is 2.48 bits per heavy atom. The summed E-state index contributed by atoms with van der Waals surface area (Å²) in [5.74, 6) is -0.786. The summed E-state index contributed by atoms with van der Waals surface area (Å²) in [6.45, 7) is -0.777. The van der Waals surface area contributed by atoms with Crippen LogP contribution in [0.15, 0.2) is 23.1 Å². The Labute approximate surface area is 119 Å². The zero-order valence-electron chi connectivity index (χ0n) is 10.9. The van der Waals surface area contributed by atoms with Crippen LogP contribution >= 0.6 is 0 Å². The molecule has 1 aromatic carbocycles. The van der Waals surface area contributed by atoms with Crippen molar-refractivity contribution in [1.82, 2.24) is 0 Å². The fourth-order valence-electron chi connectivity index (χ4n) is 1.40. The minimum absolute atomic E-state index is 0.133. The van der Waals surface area contributed by atoms with Crippen molar-refractivity contribution >= 4 is 21.6 Å². The highest BCUT2D eigenvalue weighted by Gasteiger charge is 2.27. The molecule has 0 unspecified atom stereocenters. The van der Waals surface area contributed by atoms with E-state index in [0.29, 0.717) is 5.56 Å². The summed E-state index contributed by atoms with van der Waals surface area (Å²) in [4.78, 5) is 11.3. The average molecular weight is 326 g/mol. The maximum atomic E-state index is 11.8. The van der Waals surface area contributed by atoms with Crippen LogP contribution in [0.4, 0.5) is 18.9 Å². The first kappa shape index (κ1) is 17.4. The van der Waals surface area contributed by atoms with Gasteiger partial charge in [-0.2, -0.15) is 13.2 Å². The summed E-state index contributed by atoms with van der Waals surface area (Å²) >= 11 is 0. The van der Waals surface area contributed by atoms with Crippen LogP contribution in [0.1, 0.15) is 5.56 Å². The number of primary sulfonamides is 1. The van der Waals surface area contributed by atoms with Crippen LogP contribution in [-0.2, 0) is 19.6 Å². The zero-order valence-corrected chi connectivity index (χ0v) is 11.7. The molecular formula is C11H13F3N2O4S. The Balaban J connectivity index is 2.65. The lowest BCUT2D eigenvalue weighted by Gasteiger charge is -2.11. The van der Waals surface area contributed by atoms with Crippen molar-refractivity contribution in [1.29, 1.82) is 0 Å². The Morgan fingerprint density at radius 2 is 2.00 bits per heavy atom. The van der Waals surface area contributed by atoms with Crippen molar-refractivity contribution < 1.29 is 31.1 Å². The van der Waals surface area contributed by atoms with E-state index in [-0.39, 0.29) is 10.6 Å². The van der Waals surface area contributed by atoms with Gasteiger partial charge < -0.3 is 10.1 Å². The average Bonchev–Trinajstić information content (AvgIpc) is 2.28. The standard InChI is InChI=1S/C11H13F3N2O4S/c1-7-4-8(21(15,18)19)2-3-9(7)16-10(17)5-20-6-11(12,13)14/h2-4H,5-6H2,1H3,(H,16,17)(H2,15,18,19). The summed E-state index contributed by atoms with van der Waals surface area (Å²) in [5.41, 5.74) is 0.647. The van der Waals surface area contributed by atoms with E-state index >= 15 is 0 Å². The van der Waals surface area contributed by atoms with Gasteiger partial charge in [0.1, 0.15) is 13.2 Å². The molecule has 0 aromatic heterocycles. The number of carbonyl (C=O) groups is 1. The van der Waals surface area contributed by atoms with Gasteiger partial charge in [-0.05, 0) is 30.7 Å². The van der Waals surface area contributed by atoms with Gasteiger partial charge in [-0.1, -0.05) is 0 Å². The maximum Gasteiger partial charge on any atom is 0.411 e. The molecule has 6 nitrogen and oxygen atoms in total. The third-order valence-electron chi connectivity index (χ3n) is 2.30. The number of halogens is 3. The highest BCUT2D eigenvalue weighted by Crippen LogP contribution is 2.19. The lowest BCUT2D eigenvalue weighted by Crippen LogP contribution is -2.24. The maximum absolute atomic E-state index is 11.8. The number of alkyl halides is 3. The monoisotopic (exact) mass is 326 g/mol. The van der Waals surface area contributed by atoms with Crippen molar-refractivity contribution in [2.24, 2.45) is 5.14 Å². The van der Waals surface area contributed by atoms with Gasteiger partial charge in [-0.3, -0.25) is 4.79 Å². The van der Waals surface area contributed by atoms with Gasteiger partial charge in [0.2, 0.25) is 15.9 Å². The first-order valence-corrected chi connectivity index (χ1v) is 7.11. The van der Waals surface area contributed by atoms with Gasteiger partial charge in [-0.15, -0.1) is 0 Å². The number of anilines is 1. The van der Waals surface area contributed by atoms with Crippen LogP contribution in [0.2, 0.25) is 0 Å². The van der Waals surface area contributed by atoms with E-state index in [2.05, 4.69) is 10.1 Å². The lowest BCUT2D eigenvalue weighted by atomic mass is 10.2. The molecule has 118 valence electrons. The molecule has 1 amide bonds. The van der Waals surface area contributed by atoms with Crippen LogP contribution < -0.4 is 10.5 Å². The number of rotatable bonds is 5. The fourth-order valence-corrected chi connectivity index (χ4v) is 2.00. The largest absolute Gasteiger partial charge is 0.411 e. The smallest absolute Gasteiger partial charge is 0.362 e. The Hall–Kier alpha value is -1.65. The molecule has 0 bridgehead atoms. The molecule has 1 aromatic rings. The number of carbonyl (C=O) groups excluding carboxylic acids is 1. The number of hydrogen-bond acceptors (Lipinski definition) is 4. The van der Waals surface area contributed by atoms with Crippen molar-refractivity contribution in [3.63, 3.8) is 0 Å². The van der Waals surface area contributed by atoms with Crippen LogP contribution in [0, 0.1) is 6.92 Å². The number of aryl methyl sites for hydroxylation is 1. The summed E-state index contributed by atoms with van der Waals surface area (Å²) in [6, 6.07) is 3.70. The van der Waals surface area contributed by atoms with Crippen LogP contribution in [0.5, 0.6) is 0 Å². The zero-order chi connectivity index (χ0) is 16.3. The van der Waals surface area contributed by atoms with Crippen molar-refractivity contribution in [2.75, 3.05) is 18.5 Å². The quantitative estimate of drug-likeness (QED) is 0.848. The molecule has 0 atom stereocenters. The van der Waals surface area contributed by atoms with E-state index in [1.807, 2.05) is 0 Å². The molecule has 1 rings (SSSR count). The number of amides is 1. The summed E-state index contributed by atoms with van der Waals surface area (Å²) < 4.78 is 61.9. The van der Waals surface area contributed by atoms with Crippen molar-refractivity contribution in [3.8, 4) is 0 Å². The van der Waals surface area contributed by atoms with E-state index in [0.717, 1.165) is 0 Å². The van der Waals surface area contributed by atoms with E-state index in [1.54, 1.807) is 0 Å². The summed E-state index contributed by atoms with van der Waals surface area (Å²) in [5, 5.41) is 7.25. The number of ether oxygens (including phenoxy) is 1. The SMILES string of the molecule is Cc1cc(S(N)(=O)=O)ccc1NC(=O)COCC(F)(F)F. The van der Waals surface area contributed by atoms with Gasteiger partial charge in [0, 0.05) is 5.69 Å². The second-order valence-electron chi connectivity index (χ2n) is 4.18. The second kappa shape index (κ2) is 6.41. The van der Waals surface area contributed by atoms with E-state index in [1.165, 1.54) is 25.1 Å². The molecule has 0 fully saturated rings. The highest BCUT2D eigenvalue weighted by molar-refractivity contribution is 7.89. The molecule has 0 spiro atoms. The number of nitrogens with one attached hydrogen (secondary N) is 1. The third-order valence-corrected chi connectivity index (χ3v) is 3.21. The van der Waals surface area contributed by atoms with E-state index < -0.39 is 35.3 Å². The number of nitrogens with two attached hydrogens (primary N) is 1. The van der Waals surface area contributed by atoms with Crippen LogP contribution in [0.3, 0.4) is 0 Å². The predicted molar refractivity (Wildman–Crippen MR) is 68.1 cm³/mol. The molecule has 0 saturated carbocycles. The van der Waals surface area contributed by atoms with E-state index in [4.69, 9.17) is 5.14 Å². The first-order valence-electron chi connectivity index (χ1n) is 5.57. The molecule has 0 heterocycles. The van der Waals surface area contributed by atoms with Crippen LogP contribution in [0.25, 0.3) is 0 Å². The molecule has 0 aliphatic carbocycles. The summed E-state index contributed by atoms with van der Waals surface area (Å²) in [7, 11) is -3.86. The Bertz CT molecular complexity index is 629. The van der Waals surface area contributed by atoms with Gasteiger partial charge in [0.05, 0.1) is 4.90 Å². The number of hydrogen-bond donors (Lipinski definition) is 2. The Kier molecular flexibility index (Phi) is 5.31. The van der Waals surface area contributed by atoms with Gasteiger partial charge in [0.25, 0.3) is 0 Å². The molecule has 21 heavy (non-hydrogen) atoms. The molecule has 10 heteroatoms. The van der Waals surface area contributed by atoms with Gasteiger partial charge in [-0.25, -0.2) is 13.6 Å². The lowest BCUT2D eigenvalue weighted by molar-refractivity contribution is -0.174. The van der Waals surface area contributed by atoms with Crippen molar-refractivity contribution in [3.05, 3.63) is 23.8 Å². The number of sulfonamides is 1. The highest BCUT2D eigenvalue weighted by atomic mass is 32.2. The molecule has 0 radical (unpaired) electrons. The predicted octanol–water partition coefficient (Wildman–Crippen LogP) is 1.16. The van der Waals surface area contributed by atoms with Gasteiger partial charge in [0.15, 0.2) is 0 Å². The number of benzene rings is 1. The molecule has 3 N–H and O–H groups in total. The topological polar surface area (TPSA) is 98.5 Å². The molecular weight excluding hydrogens is 313 g/mol. The molecule has 0 aliphatic heterocycles. The minimum atomic E-state index is -4.51.